The smallest absolute Gasteiger partial charge is 0.220 e. The summed E-state index contributed by atoms with van der Waals surface area (Å²) in [5, 5.41) is 12.4. The molecular formula is C20H21N5O. The Hall–Kier alpha value is -3.15. The van der Waals surface area contributed by atoms with Crippen LogP contribution >= 0.6 is 0 Å². The van der Waals surface area contributed by atoms with Gasteiger partial charge in [-0.25, -0.2) is 0 Å². The van der Waals surface area contributed by atoms with Crippen molar-refractivity contribution in [1.82, 2.24) is 24.5 Å². The van der Waals surface area contributed by atoms with Crippen LogP contribution in [0.4, 0.5) is 0 Å². The molecule has 0 atom stereocenters. The molecular weight excluding hydrogens is 326 g/mol. The Morgan fingerprint density at radius 2 is 1.96 bits per heavy atom. The van der Waals surface area contributed by atoms with Gasteiger partial charge in [-0.05, 0) is 36.6 Å². The molecule has 0 saturated heterocycles. The van der Waals surface area contributed by atoms with E-state index in [4.69, 9.17) is 0 Å². The van der Waals surface area contributed by atoms with Crippen LogP contribution < -0.4 is 5.32 Å². The summed E-state index contributed by atoms with van der Waals surface area (Å²) < 4.78 is 4.03. The van der Waals surface area contributed by atoms with Gasteiger partial charge in [0.25, 0.3) is 0 Å². The number of benzene rings is 1. The van der Waals surface area contributed by atoms with Gasteiger partial charge in [0.1, 0.15) is 0 Å². The van der Waals surface area contributed by atoms with E-state index < -0.39 is 0 Å². The molecule has 0 fully saturated rings. The number of amides is 1. The number of aryl methyl sites for hydroxylation is 2. The van der Waals surface area contributed by atoms with Crippen LogP contribution in [-0.4, -0.2) is 25.1 Å². The summed E-state index contributed by atoms with van der Waals surface area (Å²) in [7, 11) is 2.06. The monoisotopic (exact) mass is 347 g/mol. The third-order valence-corrected chi connectivity index (χ3v) is 4.66. The zero-order valence-electron chi connectivity index (χ0n) is 14.7. The Labute approximate surface area is 151 Å². The predicted molar refractivity (Wildman–Crippen MR) is 101 cm³/mol. The number of nitrogens with zero attached hydrogens (tertiary/aromatic N) is 4. The fraction of sp³-hybridized carbons (Fsp3) is 0.250. The number of rotatable bonds is 6. The van der Waals surface area contributed by atoms with Gasteiger partial charge in [-0.3, -0.25) is 9.20 Å². The summed E-state index contributed by atoms with van der Waals surface area (Å²) >= 11 is 0. The van der Waals surface area contributed by atoms with E-state index in [9.17, 15) is 4.79 Å². The van der Waals surface area contributed by atoms with Crippen molar-refractivity contribution < 1.29 is 4.79 Å². The normalized spacial score (nSPS) is 11.3. The third kappa shape index (κ3) is 3.18. The van der Waals surface area contributed by atoms with E-state index in [0.29, 0.717) is 13.0 Å². The van der Waals surface area contributed by atoms with Crippen molar-refractivity contribution in [1.29, 1.82) is 0 Å². The highest BCUT2D eigenvalue weighted by Crippen LogP contribution is 2.21. The average Bonchev–Trinajstić information content (AvgIpc) is 3.22. The SMILES string of the molecule is Cn1cc(CCCC(=O)NCc2nnc3ccccn23)c2ccccc21. The van der Waals surface area contributed by atoms with Crippen LogP contribution in [0.3, 0.4) is 0 Å². The predicted octanol–water partition coefficient (Wildman–Crippen LogP) is 2.86. The Morgan fingerprint density at radius 1 is 1.12 bits per heavy atom. The molecule has 0 spiro atoms. The summed E-state index contributed by atoms with van der Waals surface area (Å²) in [4.78, 5) is 12.2. The standard InChI is InChI=1S/C20H21N5O/c1-24-14-15(16-8-2-3-9-17(16)24)7-6-11-20(26)21-13-19-23-22-18-10-4-5-12-25(18)19/h2-5,8-10,12,14H,6-7,11,13H2,1H3,(H,21,26). The molecule has 4 rings (SSSR count). The number of hydrogen-bond donors (Lipinski definition) is 1. The van der Waals surface area contributed by atoms with E-state index in [0.717, 1.165) is 24.3 Å². The summed E-state index contributed by atoms with van der Waals surface area (Å²) in [6, 6.07) is 14.1. The molecule has 0 aliphatic rings. The van der Waals surface area contributed by atoms with E-state index in [1.807, 2.05) is 34.9 Å². The van der Waals surface area contributed by atoms with Gasteiger partial charge >= 0.3 is 0 Å². The first-order valence-electron chi connectivity index (χ1n) is 8.80. The summed E-state index contributed by atoms with van der Waals surface area (Å²) in [6.45, 7) is 0.387. The Morgan fingerprint density at radius 3 is 2.88 bits per heavy atom. The second-order valence-electron chi connectivity index (χ2n) is 6.46. The molecule has 0 bridgehead atoms. The number of hydrogen-bond acceptors (Lipinski definition) is 3. The highest BCUT2D eigenvalue weighted by Gasteiger charge is 2.09. The molecule has 0 radical (unpaired) electrons. The molecule has 0 aliphatic carbocycles. The molecule has 4 aromatic rings. The van der Waals surface area contributed by atoms with Crippen LogP contribution in [0.25, 0.3) is 16.6 Å². The van der Waals surface area contributed by atoms with E-state index in [1.165, 1.54) is 16.5 Å². The lowest BCUT2D eigenvalue weighted by molar-refractivity contribution is -0.121. The van der Waals surface area contributed by atoms with Gasteiger partial charge in [-0.2, -0.15) is 0 Å². The third-order valence-electron chi connectivity index (χ3n) is 4.66. The maximum absolute atomic E-state index is 12.2. The zero-order chi connectivity index (χ0) is 17.9. The summed E-state index contributed by atoms with van der Waals surface area (Å²) in [6.07, 6.45) is 6.27. The molecule has 1 amide bonds. The Bertz CT molecular complexity index is 1060. The second-order valence-corrected chi connectivity index (χ2v) is 6.46. The fourth-order valence-electron chi connectivity index (χ4n) is 3.34. The van der Waals surface area contributed by atoms with Gasteiger partial charge in [0.15, 0.2) is 11.5 Å². The molecule has 0 aliphatic heterocycles. The van der Waals surface area contributed by atoms with E-state index in [1.54, 1.807) is 0 Å². The lowest BCUT2D eigenvalue weighted by Crippen LogP contribution is -2.23. The summed E-state index contributed by atoms with van der Waals surface area (Å²) in [5.41, 5.74) is 3.30. The number of fused-ring (bicyclic) bond motifs is 2. The zero-order valence-corrected chi connectivity index (χ0v) is 14.7. The first kappa shape index (κ1) is 16.3. The van der Waals surface area contributed by atoms with Crippen molar-refractivity contribution in [2.45, 2.75) is 25.8 Å². The molecule has 3 heterocycles. The molecule has 1 aromatic carbocycles. The van der Waals surface area contributed by atoms with Crippen molar-refractivity contribution >= 4 is 22.5 Å². The van der Waals surface area contributed by atoms with Gasteiger partial charge in [0.2, 0.25) is 5.91 Å². The van der Waals surface area contributed by atoms with Crippen molar-refractivity contribution in [3.8, 4) is 0 Å². The van der Waals surface area contributed by atoms with E-state index in [2.05, 4.69) is 51.5 Å². The maximum atomic E-state index is 12.2. The minimum Gasteiger partial charge on any atom is -0.350 e. The maximum Gasteiger partial charge on any atom is 0.220 e. The van der Waals surface area contributed by atoms with Gasteiger partial charge in [-0.1, -0.05) is 24.3 Å². The highest BCUT2D eigenvalue weighted by atomic mass is 16.1. The molecule has 6 nitrogen and oxygen atoms in total. The van der Waals surface area contributed by atoms with Crippen LogP contribution in [0.1, 0.15) is 24.2 Å². The lowest BCUT2D eigenvalue weighted by atomic mass is 10.1. The number of nitrogens with one attached hydrogen (secondary N) is 1. The van der Waals surface area contributed by atoms with Crippen LogP contribution in [0.5, 0.6) is 0 Å². The molecule has 26 heavy (non-hydrogen) atoms. The van der Waals surface area contributed by atoms with Crippen LogP contribution in [-0.2, 0) is 24.8 Å². The number of aromatic nitrogens is 4. The van der Waals surface area contributed by atoms with Gasteiger partial charge < -0.3 is 9.88 Å². The molecule has 132 valence electrons. The number of carbonyl (C=O) groups is 1. The minimum absolute atomic E-state index is 0.0397. The largest absolute Gasteiger partial charge is 0.350 e. The quantitative estimate of drug-likeness (QED) is 0.583. The van der Waals surface area contributed by atoms with Crippen molar-refractivity contribution in [3.05, 3.63) is 66.2 Å². The topological polar surface area (TPSA) is 64.2 Å². The number of pyridine rings is 1. The van der Waals surface area contributed by atoms with Gasteiger partial charge in [-0.15, -0.1) is 10.2 Å². The molecule has 3 aromatic heterocycles. The Balaban J connectivity index is 1.31. The molecule has 0 unspecified atom stereocenters. The van der Waals surface area contributed by atoms with Crippen molar-refractivity contribution in [2.75, 3.05) is 0 Å². The highest BCUT2D eigenvalue weighted by molar-refractivity contribution is 5.84. The lowest BCUT2D eigenvalue weighted by Gasteiger charge is -2.04. The fourth-order valence-corrected chi connectivity index (χ4v) is 3.34. The van der Waals surface area contributed by atoms with Crippen LogP contribution in [0, 0.1) is 0 Å². The van der Waals surface area contributed by atoms with Crippen molar-refractivity contribution in [2.24, 2.45) is 7.05 Å². The second kappa shape index (κ2) is 7.00. The van der Waals surface area contributed by atoms with Gasteiger partial charge in [0.05, 0.1) is 6.54 Å². The van der Waals surface area contributed by atoms with E-state index in [-0.39, 0.29) is 5.91 Å². The average molecular weight is 347 g/mol. The molecule has 6 heteroatoms. The molecule has 1 N–H and O–H groups in total. The first-order chi connectivity index (χ1) is 12.7. The number of para-hydroxylation sites is 1. The van der Waals surface area contributed by atoms with E-state index >= 15 is 0 Å². The summed E-state index contributed by atoms with van der Waals surface area (Å²) in [5.74, 6) is 0.779. The Kier molecular flexibility index (Phi) is 4.39. The number of carbonyl (C=O) groups excluding carboxylic acids is 1. The molecule has 0 saturated carbocycles. The van der Waals surface area contributed by atoms with Crippen molar-refractivity contribution in [3.63, 3.8) is 0 Å². The van der Waals surface area contributed by atoms with Gasteiger partial charge in [0, 0.05) is 36.8 Å². The minimum atomic E-state index is 0.0397. The van der Waals surface area contributed by atoms with Crippen LogP contribution in [0.15, 0.2) is 54.9 Å². The van der Waals surface area contributed by atoms with Crippen LogP contribution in [0.2, 0.25) is 0 Å². The first-order valence-corrected chi connectivity index (χ1v) is 8.80.